The molecule has 5 nitrogen and oxygen atoms in total. The first kappa shape index (κ1) is 15.9. The quantitative estimate of drug-likeness (QED) is 0.822. The monoisotopic (exact) mass is 285 g/mol. The second-order valence-electron chi connectivity index (χ2n) is 5.10. The fraction of sp³-hybridized carbons (Fsp3) is 0.538. The van der Waals surface area contributed by atoms with Crippen molar-refractivity contribution >= 4 is 15.7 Å². The molecule has 0 amide bonds. The number of nitrogens with zero attached hydrogens (tertiary/aromatic N) is 2. The summed E-state index contributed by atoms with van der Waals surface area (Å²) in [6, 6.07) is 3.36. The topological polar surface area (TPSA) is 66.6 Å². The van der Waals surface area contributed by atoms with Gasteiger partial charge in [-0.15, -0.1) is 0 Å². The summed E-state index contributed by atoms with van der Waals surface area (Å²) in [6.07, 6.45) is 0. The number of hydrogen-bond acceptors (Lipinski definition) is 4. The lowest BCUT2D eigenvalue weighted by Crippen LogP contribution is -2.34. The minimum Gasteiger partial charge on any atom is -0.398 e. The van der Waals surface area contributed by atoms with E-state index in [1.165, 1.54) is 4.31 Å². The zero-order valence-electron chi connectivity index (χ0n) is 12.3. The van der Waals surface area contributed by atoms with Gasteiger partial charge in [0.25, 0.3) is 0 Å². The standard InChI is InChI=1S/C13H23N3O2S/c1-10-8-12(14)13(9-11(10)2)19(17,18)16(5)7-6-15(3)4/h8-9H,6-7,14H2,1-5H3. The number of anilines is 1. The van der Waals surface area contributed by atoms with E-state index in [9.17, 15) is 8.42 Å². The van der Waals surface area contributed by atoms with Crippen LogP contribution >= 0.6 is 0 Å². The minimum absolute atomic E-state index is 0.192. The summed E-state index contributed by atoms with van der Waals surface area (Å²) in [4.78, 5) is 2.13. The molecule has 1 aromatic rings. The largest absolute Gasteiger partial charge is 0.398 e. The van der Waals surface area contributed by atoms with Crippen molar-refractivity contribution in [3.63, 3.8) is 0 Å². The molecule has 19 heavy (non-hydrogen) atoms. The summed E-state index contributed by atoms with van der Waals surface area (Å²) in [5.41, 5.74) is 8.08. The molecule has 0 aromatic heterocycles. The fourth-order valence-electron chi connectivity index (χ4n) is 1.66. The van der Waals surface area contributed by atoms with Gasteiger partial charge < -0.3 is 10.6 Å². The predicted molar refractivity (Wildman–Crippen MR) is 78.7 cm³/mol. The van der Waals surface area contributed by atoms with Crippen LogP contribution in [0, 0.1) is 13.8 Å². The molecule has 1 rings (SSSR count). The Hall–Kier alpha value is -1.11. The maximum Gasteiger partial charge on any atom is 0.244 e. The number of benzene rings is 1. The van der Waals surface area contributed by atoms with Crippen molar-refractivity contribution in [2.75, 3.05) is 40.0 Å². The highest BCUT2D eigenvalue weighted by Gasteiger charge is 2.23. The van der Waals surface area contributed by atoms with Crippen LogP contribution in [0.15, 0.2) is 17.0 Å². The SMILES string of the molecule is Cc1cc(N)c(S(=O)(=O)N(C)CCN(C)C)cc1C. The van der Waals surface area contributed by atoms with E-state index in [4.69, 9.17) is 5.73 Å². The number of rotatable bonds is 5. The number of nitrogens with two attached hydrogens (primary N) is 1. The highest BCUT2D eigenvalue weighted by Crippen LogP contribution is 2.25. The van der Waals surface area contributed by atoms with Crippen molar-refractivity contribution in [3.05, 3.63) is 23.3 Å². The van der Waals surface area contributed by atoms with Crippen molar-refractivity contribution in [2.45, 2.75) is 18.7 Å². The summed E-state index contributed by atoms with van der Waals surface area (Å²) >= 11 is 0. The van der Waals surface area contributed by atoms with E-state index in [-0.39, 0.29) is 4.90 Å². The maximum absolute atomic E-state index is 12.5. The molecule has 0 unspecified atom stereocenters. The smallest absolute Gasteiger partial charge is 0.244 e. The molecular weight excluding hydrogens is 262 g/mol. The van der Waals surface area contributed by atoms with E-state index in [0.717, 1.165) is 11.1 Å². The summed E-state index contributed by atoms with van der Waals surface area (Å²) in [6.45, 7) is 4.90. The summed E-state index contributed by atoms with van der Waals surface area (Å²) in [5, 5.41) is 0. The van der Waals surface area contributed by atoms with E-state index in [1.54, 1.807) is 19.2 Å². The highest BCUT2D eigenvalue weighted by molar-refractivity contribution is 7.89. The highest BCUT2D eigenvalue weighted by atomic mass is 32.2. The molecule has 0 aliphatic heterocycles. The Morgan fingerprint density at radius 3 is 2.11 bits per heavy atom. The maximum atomic E-state index is 12.5. The molecule has 0 aliphatic carbocycles. The molecule has 2 N–H and O–H groups in total. The van der Waals surface area contributed by atoms with Crippen molar-refractivity contribution in [2.24, 2.45) is 0 Å². The van der Waals surface area contributed by atoms with Gasteiger partial charge in [0.05, 0.1) is 5.69 Å². The molecule has 0 fully saturated rings. The van der Waals surface area contributed by atoms with Crippen LogP contribution < -0.4 is 5.73 Å². The fourth-order valence-corrected chi connectivity index (χ4v) is 3.00. The zero-order chi connectivity index (χ0) is 14.8. The third kappa shape index (κ3) is 3.68. The Labute approximate surface area is 116 Å². The van der Waals surface area contributed by atoms with Crippen LogP contribution in [0.1, 0.15) is 11.1 Å². The molecule has 0 heterocycles. The molecule has 0 atom stereocenters. The Kier molecular flexibility index (Phi) is 4.95. The van der Waals surface area contributed by atoms with Crippen molar-refractivity contribution < 1.29 is 8.42 Å². The number of likely N-dealkylation sites (N-methyl/N-ethyl adjacent to an activating group) is 2. The number of hydrogen-bond donors (Lipinski definition) is 1. The van der Waals surface area contributed by atoms with Gasteiger partial charge in [-0.3, -0.25) is 0 Å². The van der Waals surface area contributed by atoms with E-state index >= 15 is 0 Å². The van der Waals surface area contributed by atoms with Crippen molar-refractivity contribution in [3.8, 4) is 0 Å². The van der Waals surface area contributed by atoms with Crippen LogP contribution in [0.3, 0.4) is 0 Å². The zero-order valence-corrected chi connectivity index (χ0v) is 13.1. The summed E-state index contributed by atoms with van der Waals surface area (Å²) in [5.74, 6) is 0. The lowest BCUT2D eigenvalue weighted by Gasteiger charge is -2.21. The predicted octanol–water partition coefficient (Wildman–Crippen LogP) is 1.07. The third-order valence-corrected chi connectivity index (χ3v) is 5.09. The number of sulfonamides is 1. The van der Waals surface area contributed by atoms with E-state index in [1.807, 2.05) is 32.8 Å². The van der Waals surface area contributed by atoms with E-state index in [0.29, 0.717) is 18.8 Å². The molecule has 0 bridgehead atoms. The van der Waals surface area contributed by atoms with Crippen LogP contribution in [0.5, 0.6) is 0 Å². The van der Waals surface area contributed by atoms with Crippen LogP contribution in [0.2, 0.25) is 0 Å². The Morgan fingerprint density at radius 1 is 1.05 bits per heavy atom. The lowest BCUT2D eigenvalue weighted by atomic mass is 10.1. The van der Waals surface area contributed by atoms with Crippen LogP contribution in [0.25, 0.3) is 0 Å². The normalized spacial score (nSPS) is 12.4. The Morgan fingerprint density at radius 2 is 1.58 bits per heavy atom. The second-order valence-corrected chi connectivity index (χ2v) is 7.12. The molecule has 0 aliphatic rings. The van der Waals surface area contributed by atoms with Crippen molar-refractivity contribution in [1.29, 1.82) is 0 Å². The molecular formula is C13H23N3O2S. The first-order valence-corrected chi connectivity index (χ1v) is 7.58. The van der Waals surface area contributed by atoms with Gasteiger partial charge in [-0.25, -0.2) is 8.42 Å². The van der Waals surface area contributed by atoms with Gasteiger partial charge in [0, 0.05) is 20.1 Å². The summed E-state index contributed by atoms with van der Waals surface area (Å²) in [7, 11) is 1.87. The molecule has 108 valence electrons. The van der Waals surface area contributed by atoms with Gasteiger partial charge >= 0.3 is 0 Å². The minimum atomic E-state index is -3.52. The van der Waals surface area contributed by atoms with Crippen molar-refractivity contribution in [1.82, 2.24) is 9.21 Å². The third-order valence-electron chi connectivity index (χ3n) is 3.18. The molecule has 0 spiro atoms. The number of aryl methyl sites for hydroxylation is 2. The first-order valence-electron chi connectivity index (χ1n) is 6.14. The van der Waals surface area contributed by atoms with Gasteiger partial charge in [0.2, 0.25) is 10.0 Å². The average Bonchev–Trinajstić information content (AvgIpc) is 2.30. The number of nitrogen functional groups attached to an aromatic ring is 1. The molecule has 6 heteroatoms. The van der Waals surface area contributed by atoms with Crippen LogP contribution in [-0.4, -0.2) is 51.9 Å². The van der Waals surface area contributed by atoms with Gasteiger partial charge in [-0.1, -0.05) is 0 Å². The van der Waals surface area contributed by atoms with Crippen LogP contribution in [0.4, 0.5) is 5.69 Å². The molecule has 1 aromatic carbocycles. The van der Waals surface area contributed by atoms with Gasteiger partial charge in [-0.2, -0.15) is 4.31 Å². The molecule has 0 saturated heterocycles. The second kappa shape index (κ2) is 5.90. The Bertz CT molecular complexity index is 553. The lowest BCUT2D eigenvalue weighted by molar-refractivity contribution is 0.358. The average molecular weight is 285 g/mol. The van der Waals surface area contributed by atoms with Gasteiger partial charge in [0.1, 0.15) is 4.90 Å². The summed E-state index contributed by atoms with van der Waals surface area (Å²) < 4.78 is 26.3. The van der Waals surface area contributed by atoms with Crippen LogP contribution in [-0.2, 0) is 10.0 Å². The molecule has 0 saturated carbocycles. The van der Waals surface area contributed by atoms with E-state index < -0.39 is 10.0 Å². The van der Waals surface area contributed by atoms with Gasteiger partial charge in [-0.05, 0) is 51.2 Å². The van der Waals surface area contributed by atoms with Gasteiger partial charge in [0.15, 0.2) is 0 Å². The first-order chi connectivity index (χ1) is 8.66. The molecule has 0 radical (unpaired) electrons. The van der Waals surface area contributed by atoms with E-state index in [2.05, 4.69) is 0 Å². The Balaban J connectivity index is 3.10.